The van der Waals surface area contributed by atoms with E-state index in [0.29, 0.717) is 0 Å². The van der Waals surface area contributed by atoms with Gasteiger partial charge < -0.3 is 0 Å². The van der Waals surface area contributed by atoms with E-state index < -0.39 is 0 Å². The van der Waals surface area contributed by atoms with Crippen LogP contribution in [0.4, 0.5) is 0 Å². The lowest BCUT2D eigenvalue weighted by Gasteiger charge is -2.18. The summed E-state index contributed by atoms with van der Waals surface area (Å²) >= 11 is 0. The predicted octanol–water partition coefficient (Wildman–Crippen LogP) is 11.1. The lowest BCUT2D eigenvalue weighted by molar-refractivity contribution is 1.25. The number of hydrogen-bond acceptors (Lipinski definition) is 2. The fraction of sp³-hybridized carbons (Fsp3) is 0. The largest absolute Gasteiger partial charge is 0.255 e. The van der Waals surface area contributed by atoms with Crippen LogP contribution in [0.25, 0.3) is 77.6 Å². The minimum atomic E-state index is 0.872. The van der Waals surface area contributed by atoms with Gasteiger partial charge in [-0.15, -0.1) is 0 Å². The summed E-state index contributed by atoms with van der Waals surface area (Å²) in [6.45, 7) is 0. The van der Waals surface area contributed by atoms with Crippen molar-refractivity contribution >= 4 is 21.5 Å². The molecule has 0 saturated heterocycles. The van der Waals surface area contributed by atoms with Gasteiger partial charge in [-0.2, -0.15) is 0 Å². The van der Waals surface area contributed by atoms with E-state index in [-0.39, 0.29) is 0 Å². The average molecular weight is 561 g/mol. The van der Waals surface area contributed by atoms with E-state index in [9.17, 15) is 0 Å². The van der Waals surface area contributed by atoms with Gasteiger partial charge in [0.15, 0.2) is 0 Å². The van der Waals surface area contributed by atoms with Crippen molar-refractivity contribution in [2.45, 2.75) is 0 Å². The summed E-state index contributed by atoms with van der Waals surface area (Å²) in [5.74, 6) is 0. The number of benzene rings is 6. The van der Waals surface area contributed by atoms with Crippen LogP contribution >= 0.6 is 0 Å². The van der Waals surface area contributed by atoms with Gasteiger partial charge in [0, 0.05) is 11.8 Å². The van der Waals surface area contributed by atoms with E-state index in [2.05, 4.69) is 138 Å². The van der Waals surface area contributed by atoms with Crippen molar-refractivity contribution in [3.05, 3.63) is 170 Å². The Labute approximate surface area is 257 Å². The van der Waals surface area contributed by atoms with E-state index in [0.717, 1.165) is 22.6 Å². The van der Waals surface area contributed by atoms with E-state index in [1.807, 2.05) is 30.3 Å². The second kappa shape index (κ2) is 11.1. The van der Waals surface area contributed by atoms with Crippen LogP contribution in [0.15, 0.2) is 170 Å². The highest BCUT2D eigenvalue weighted by atomic mass is 14.8. The van der Waals surface area contributed by atoms with E-state index in [1.54, 1.807) is 6.20 Å². The maximum Gasteiger partial charge on any atom is 0.0893 e. The van der Waals surface area contributed by atoms with Gasteiger partial charge in [0.25, 0.3) is 0 Å². The molecule has 0 saturated carbocycles. The van der Waals surface area contributed by atoms with Gasteiger partial charge in [-0.1, -0.05) is 133 Å². The van der Waals surface area contributed by atoms with Gasteiger partial charge >= 0.3 is 0 Å². The molecule has 0 bridgehead atoms. The molecule has 0 aliphatic heterocycles. The molecule has 8 aromatic rings. The van der Waals surface area contributed by atoms with Crippen LogP contribution in [0, 0.1) is 0 Å². The van der Waals surface area contributed by atoms with Crippen LogP contribution in [0.2, 0.25) is 0 Å². The quantitative estimate of drug-likeness (QED) is 0.196. The molecule has 2 aromatic heterocycles. The van der Waals surface area contributed by atoms with Gasteiger partial charge in [0.05, 0.1) is 17.1 Å². The molecule has 8 rings (SSSR count). The zero-order chi connectivity index (χ0) is 29.3. The molecule has 0 aliphatic rings. The van der Waals surface area contributed by atoms with Gasteiger partial charge in [-0.3, -0.25) is 4.98 Å². The fourth-order valence-corrected chi connectivity index (χ4v) is 6.28. The summed E-state index contributed by atoms with van der Waals surface area (Å²) in [6.07, 6.45) is 1.80. The van der Waals surface area contributed by atoms with Crippen LogP contribution in [0.3, 0.4) is 0 Å². The third-order valence-corrected chi connectivity index (χ3v) is 8.34. The molecule has 2 nitrogen and oxygen atoms in total. The molecule has 206 valence electrons. The molecule has 0 atom stereocenters. The van der Waals surface area contributed by atoms with Crippen LogP contribution < -0.4 is 0 Å². The number of hydrogen-bond donors (Lipinski definition) is 0. The number of aromatic nitrogens is 2. The second-order valence-corrected chi connectivity index (χ2v) is 11.0. The molecule has 2 heterocycles. The molecule has 44 heavy (non-hydrogen) atoms. The molecular formula is C42H28N2. The Morgan fingerprint density at radius 2 is 0.818 bits per heavy atom. The third-order valence-electron chi connectivity index (χ3n) is 8.34. The molecule has 0 fully saturated rings. The van der Waals surface area contributed by atoms with Crippen LogP contribution in [0.1, 0.15) is 0 Å². The summed E-state index contributed by atoms with van der Waals surface area (Å²) in [5, 5.41) is 5.03. The molecule has 0 aliphatic carbocycles. The molecule has 2 heteroatoms. The lowest BCUT2D eigenvalue weighted by atomic mass is 9.85. The molecule has 0 N–H and O–H groups in total. The van der Waals surface area contributed by atoms with Crippen molar-refractivity contribution in [1.29, 1.82) is 0 Å². The summed E-state index contributed by atoms with van der Waals surface area (Å²) in [6, 6.07) is 58.0. The molecular weight excluding hydrogens is 532 g/mol. The summed E-state index contributed by atoms with van der Waals surface area (Å²) in [7, 11) is 0. The van der Waals surface area contributed by atoms with Gasteiger partial charge in [-0.05, 0) is 85.3 Å². The van der Waals surface area contributed by atoms with Gasteiger partial charge in [0.1, 0.15) is 0 Å². The molecule has 6 aromatic carbocycles. The Hall–Kier alpha value is -5.86. The summed E-state index contributed by atoms with van der Waals surface area (Å²) < 4.78 is 0. The zero-order valence-corrected chi connectivity index (χ0v) is 24.1. The van der Waals surface area contributed by atoms with Crippen molar-refractivity contribution in [1.82, 2.24) is 9.97 Å². The van der Waals surface area contributed by atoms with Crippen LogP contribution in [-0.4, -0.2) is 9.97 Å². The van der Waals surface area contributed by atoms with Crippen molar-refractivity contribution in [3.8, 4) is 56.0 Å². The maximum absolute atomic E-state index is 4.91. The van der Waals surface area contributed by atoms with Crippen LogP contribution in [0.5, 0.6) is 0 Å². The third kappa shape index (κ3) is 4.63. The number of rotatable bonds is 5. The molecule has 0 amide bonds. The highest BCUT2D eigenvalue weighted by Gasteiger charge is 2.17. The minimum Gasteiger partial charge on any atom is -0.255 e. The Kier molecular flexibility index (Phi) is 6.51. The first-order chi connectivity index (χ1) is 21.8. The minimum absolute atomic E-state index is 0.872. The van der Waals surface area contributed by atoms with Crippen molar-refractivity contribution in [3.63, 3.8) is 0 Å². The van der Waals surface area contributed by atoms with Gasteiger partial charge in [0.2, 0.25) is 0 Å². The first-order valence-corrected chi connectivity index (χ1v) is 14.9. The maximum atomic E-state index is 4.91. The van der Waals surface area contributed by atoms with Crippen molar-refractivity contribution in [2.75, 3.05) is 0 Å². The summed E-state index contributed by atoms with van der Waals surface area (Å²) in [5.41, 5.74) is 11.1. The van der Waals surface area contributed by atoms with Gasteiger partial charge in [-0.25, -0.2) is 4.98 Å². The first-order valence-electron chi connectivity index (χ1n) is 14.9. The Bertz CT molecular complexity index is 2240. The average Bonchev–Trinajstić information content (AvgIpc) is 3.11. The Balaban J connectivity index is 1.29. The zero-order valence-electron chi connectivity index (χ0n) is 24.1. The molecule has 0 spiro atoms. The number of fused-ring (bicyclic) bond motifs is 2. The topological polar surface area (TPSA) is 25.8 Å². The monoisotopic (exact) mass is 560 g/mol. The normalized spacial score (nSPS) is 11.2. The highest BCUT2D eigenvalue weighted by Crippen LogP contribution is 2.44. The second-order valence-electron chi connectivity index (χ2n) is 11.0. The lowest BCUT2D eigenvalue weighted by Crippen LogP contribution is -1.92. The fourth-order valence-electron chi connectivity index (χ4n) is 6.28. The van der Waals surface area contributed by atoms with Crippen LogP contribution in [-0.2, 0) is 0 Å². The Morgan fingerprint density at radius 3 is 1.48 bits per heavy atom. The van der Waals surface area contributed by atoms with E-state index >= 15 is 0 Å². The first kappa shape index (κ1) is 25.8. The smallest absolute Gasteiger partial charge is 0.0893 e. The van der Waals surface area contributed by atoms with E-state index in [1.165, 1.54) is 54.9 Å². The molecule has 0 unspecified atom stereocenters. The number of nitrogens with zero attached hydrogens (tertiary/aromatic N) is 2. The summed E-state index contributed by atoms with van der Waals surface area (Å²) in [4.78, 5) is 9.38. The predicted molar refractivity (Wildman–Crippen MR) is 184 cm³/mol. The Morgan fingerprint density at radius 1 is 0.295 bits per heavy atom. The van der Waals surface area contributed by atoms with Crippen molar-refractivity contribution in [2.24, 2.45) is 0 Å². The molecule has 0 radical (unpaired) electrons. The highest BCUT2D eigenvalue weighted by molar-refractivity contribution is 6.21. The SMILES string of the molecule is c1ccc(-c2c3ccccc3c(-c3ccccc3)c3cc(-c4ccc(-c5cccc(-c6ccccn6)n5)cc4)ccc23)cc1. The van der Waals surface area contributed by atoms with E-state index in [4.69, 9.17) is 4.98 Å². The standard InChI is InChI=1S/C42H28N2/c1-3-12-31(13-4-1)41-34-16-7-8-17-35(34)42(32-14-5-2-6-15-32)37-28-33(25-26-36(37)41)29-21-23-30(24-22-29)38-19-11-20-40(44-38)39-18-9-10-27-43-39/h1-28H. The van der Waals surface area contributed by atoms with Crippen molar-refractivity contribution < 1.29 is 0 Å². The number of pyridine rings is 2.